The van der Waals surface area contributed by atoms with Crippen molar-refractivity contribution in [3.8, 4) is 0 Å². The molecule has 2 aromatic rings. The summed E-state index contributed by atoms with van der Waals surface area (Å²) < 4.78 is 36.9. The number of nitrogens with zero attached hydrogens (tertiary/aromatic N) is 2. The smallest absolute Gasteiger partial charge is 0.398 e. The predicted molar refractivity (Wildman–Crippen MR) is 112 cm³/mol. The van der Waals surface area contributed by atoms with Gasteiger partial charge in [0.15, 0.2) is 0 Å². The summed E-state index contributed by atoms with van der Waals surface area (Å²) in [5, 5.41) is 9.53. The minimum atomic E-state index is -4.52. The Morgan fingerprint density at radius 1 is 1.29 bits per heavy atom. The monoisotopic (exact) mass is 433 g/mol. The molecule has 1 aliphatic rings. The third-order valence-corrected chi connectivity index (χ3v) is 5.00. The van der Waals surface area contributed by atoms with E-state index in [1.807, 2.05) is 0 Å². The van der Waals surface area contributed by atoms with Crippen LogP contribution in [0.3, 0.4) is 0 Å². The zero-order valence-electron chi connectivity index (χ0n) is 17.0. The fourth-order valence-electron chi connectivity index (χ4n) is 3.48. The number of nitrogen functional groups attached to an aromatic ring is 1. The van der Waals surface area contributed by atoms with Crippen molar-refractivity contribution in [3.05, 3.63) is 53.1 Å². The van der Waals surface area contributed by atoms with Crippen molar-refractivity contribution in [2.24, 2.45) is 0 Å². The quantitative estimate of drug-likeness (QED) is 0.481. The first-order chi connectivity index (χ1) is 14.5. The summed E-state index contributed by atoms with van der Waals surface area (Å²) in [6.07, 6.45) is -4.52. The lowest BCUT2D eigenvalue weighted by Gasteiger charge is -2.23. The molecule has 1 aliphatic heterocycles. The van der Waals surface area contributed by atoms with Gasteiger partial charge in [-0.05, 0) is 36.8 Å². The van der Waals surface area contributed by atoms with E-state index in [1.54, 1.807) is 60.6 Å². The van der Waals surface area contributed by atoms with Crippen LogP contribution in [-0.2, 0) is 11.3 Å². The van der Waals surface area contributed by atoms with Crippen molar-refractivity contribution in [1.82, 2.24) is 10.2 Å². The molecule has 164 valence electrons. The van der Waals surface area contributed by atoms with Gasteiger partial charge in [-0.3, -0.25) is 9.59 Å². The molecule has 0 saturated heterocycles. The first kappa shape index (κ1) is 22.1. The minimum absolute atomic E-state index is 0.128. The summed E-state index contributed by atoms with van der Waals surface area (Å²) in [5.74, 6) is -1.31. The number of fused-ring (bicyclic) bond motifs is 1. The topological polar surface area (TPSA) is 103 Å². The highest BCUT2D eigenvalue weighted by Crippen LogP contribution is 2.35. The van der Waals surface area contributed by atoms with Gasteiger partial charge in [-0.25, -0.2) is 0 Å². The normalized spacial score (nSPS) is 13.2. The molecule has 7 nitrogen and oxygen atoms in total. The Kier molecular flexibility index (Phi) is 5.92. The van der Waals surface area contributed by atoms with Gasteiger partial charge in [-0.15, -0.1) is 0 Å². The van der Waals surface area contributed by atoms with E-state index in [0.717, 1.165) is 0 Å². The fraction of sp³-hybridized carbons (Fsp3) is 0.286. The molecule has 0 fully saturated rings. The zero-order valence-corrected chi connectivity index (χ0v) is 17.0. The number of alkyl halides is 3. The van der Waals surface area contributed by atoms with Crippen LogP contribution in [0.5, 0.6) is 0 Å². The highest BCUT2D eigenvalue weighted by atomic mass is 19.4. The number of nitrogens with one attached hydrogen (secondary N) is 2. The van der Waals surface area contributed by atoms with Gasteiger partial charge in [0.25, 0.3) is 5.91 Å². The second-order valence-corrected chi connectivity index (χ2v) is 7.32. The van der Waals surface area contributed by atoms with Crippen LogP contribution in [-0.4, -0.2) is 48.7 Å². The molecular formula is C21H22F3N5O2. The first-order valence-electron chi connectivity index (χ1n) is 9.41. The van der Waals surface area contributed by atoms with E-state index in [4.69, 9.17) is 11.1 Å². The van der Waals surface area contributed by atoms with E-state index in [1.165, 1.54) is 4.90 Å². The van der Waals surface area contributed by atoms with Crippen molar-refractivity contribution in [2.75, 3.05) is 30.8 Å². The predicted octanol–water partition coefficient (Wildman–Crippen LogP) is 3.06. The Balaban J connectivity index is 1.82. The largest absolute Gasteiger partial charge is 0.405 e. The Morgan fingerprint density at radius 3 is 2.61 bits per heavy atom. The van der Waals surface area contributed by atoms with Crippen LogP contribution in [0, 0.1) is 5.41 Å². The number of benzene rings is 2. The maximum absolute atomic E-state index is 12.9. The number of halogens is 3. The molecule has 0 atom stereocenters. The van der Waals surface area contributed by atoms with Crippen LogP contribution in [0.25, 0.3) is 0 Å². The zero-order chi connectivity index (χ0) is 22.9. The van der Waals surface area contributed by atoms with Crippen molar-refractivity contribution >= 4 is 34.6 Å². The van der Waals surface area contributed by atoms with Gasteiger partial charge in [-0.2, -0.15) is 13.2 Å². The van der Waals surface area contributed by atoms with Gasteiger partial charge >= 0.3 is 6.18 Å². The summed E-state index contributed by atoms with van der Waals surface area (Å²) in [5.41, 5.74) is 9.77. The van der Waals surface area contributed by atoms with Gasteiger partial charge < -0.3 is 26.3 Å². The minimum Gasteiger partial charge on any atom is -0.398 e. The molecule has 31 heavy (non-hydrogen) atoms. The SMILES string of the molecule is CC(=N)c1ccc(N(C)c2cccc3c2C(=O)N(CC(=O)NCC(F)(F)F)C3)cc1N. The second kappa shape index (κ2) is 8.29. The molecule has 1 heterocycles. The van der Waals surface area contributed by atoms with Crippen molar-refractivity contribution in [1.29, 1.82) is 5.41 Å². The van der Waals surface area contributed by atoms with Gasteiger partial charge in [0.05, 0.1) is 11.3 Å². The number of carbonyl (C=O) groups is 2. The number of carbonyl (C=O) groups excluding carboxylic acids is 2. The van der Waals surface area contributed by atoms with Gasteiger partial charge in [-0.1, -0.05) is 12.1 Å². The molecule has 0 aromatic heterocycles. The summed E-state index contributed by atoms with van der Waals surface area (Å²) in [7, 11) is 1.76. The number of anilines is 3. The van der Waals surface area contributed by atoms with Gasteiger partial charge in [0.1, 0.15) is 13.1 Å². The van der Waals surface area contributed by atoms with Crippen LogP contribution in [0.1, 0.15) is 28.4 Å². The average molecular weight is 433 g/mol. The molecule has 0 unspecified atom stereocenters. The Hall–Kier alpha value is -3.56. The molecule has 0 radical (unpaired) electrons. The van der Waals surface area contributed by atoms with E-state index in [-0.39, 0.29) is 6.54 Å². The number of nitrogens with two attached hydrogens (primary N) is 1. The maximum atomic E-state index is 12.9. The van der Waals surface area contributed by atoms with E-state index in [9.17, 15) is 22.8 Å². The van der Waals surface area contributed by atoms with Crippen molar-refractivity contribution in [2.45, 2.75) is 19.6 Å². The molecule has 0 spiro atoms. The van der Waals surface area contributed by atoms with Gasteiger partial charge in [0, 0.05) is 36.2 Å². The summed E-state index contributed by atoms with van der Waals surface area (Å²) in [6, 6.07) is 10.5. The van der Waals surface area contributed by atoms with Crippen molar-refractivity contribution in [3.63, 3.8) is 0 Å². The standard InChI is InChI=1S/C21H22F3N5O2/c1-12(25)15-7-6-14(8-16(15)26)28(2)17-5-3-4-13-9-29(20(31)19(13)17)10-18(30)27-11-21(22,23)24/h3-8,25H,9-11,26H2,1-2H3,(H,27,30). The van der Waals surface area contributed by atoms with Crippen LogP contribution < -0.4 is 16.0 Å². The molecule has 2 aromatic carbocycles. The highest BCUT2D eigenvalue weighted by molar-refractivity contribution is 6.06. The summed E-state index contributed by atoms with van der Waals surface area (Å²) in [6.45, 7) is -0.144. The third-order valence-electron chi connectivity index (χ3n) is 5.00. The number of rotatable bonds is 6. The van der Waals surface area contributed by atoms with Crippen molar-refractivity contribution < 1.29 is 22.8 Å². The molecule has 3 rings (SSSR count). The average Bonchev–Trinajstić information content (AvgIpc) is 3.00. The molecule has 2 amide bonds. The first-order valence-corrected chi connectivity index (χ1v) is 9.41. The van der Waals surface area contributed by atoms with E-state index >= 15 is 0 Å². The maximum Gasteiger partial charge on any atom is 0.405 e. The lowest BCUT2D eigenvalue weighted by Crippen LogP contribution is -2.41. The Morgan fingerprint density at radius 2 is 2.00 bits per heavy atom. The Labute approximate surface area is 177 Å². The van der Waals surface area contributed by atoms with Crippen LogP contribution in [0.2, 0.25) is 0 Å². The molecule has 0 aliphatic carbocycles. The highest BCUT2D eigenvalue weighted by Gasteiger charge is 2.33. The van der Waals surface area contributed by atoms with E-state index < -0.39 is 31.1 Å². The summed E-state index contributed by atoms with van der Waals surface area (Å²) >= 11 is 0. The number of hydrogen-bond donors (Lipinski definition) is 3. The van der Waals surface area contributed by atoms with E-state index in [0.29, 0.717) is 39.5 Å². The van der Waals surface area contributed by atoms with Gasteiger partial charge in [0.2, 0.25) is 5.91 Å². The molecule has 0 saturated carbocycles. The summed E-state index contributed by atoms with van der Waals surface area (Å²) in [4.78, 5) is 27.8. The van der Waals surface area contributed by atoms with Crippen LogP contribution in [0.15, 0.2) is 36.4 Å². The number of hydrogen-bond acceptors (Lipinski definition) is 5. The lowest BCUT2D eigenvalue weighted by molar-refractivity contribution is -0.138. The van der Waals surface area contributed by atoms with E-state index in [2.05, 4.69) is 0 Å². The second-order valence-electron chi connectivity index (χ2n) is 7.32. The molecule has 0 bridgehead atoms. The molecule has 4 N–H and O–H groups in total. The molecule has 10 heteroatoms. The third kappa shape index (κ3) is 4.79. The fourth-order valence-corrected chi connectivity index (χ4v) is 3.48. The van der Waals surface area contributed by atoms with Crippen LogP contribution in [0.4, 0.5) is 30.2 Å². The Bertz CT molecular complexity index is 1050. The number of amides is 2. The van der Waals surface area contributed by atoms with Crippen LogP contribution >= 0.6 is 0 Å². The molecular weight excluding hydrogens is 411 g/mol. The lowest BCUT2D eigenvalue weighted by atomic mass is 10.0.